The van der Waals surface area contributed by atoms with Crippen molar-refractivity contribution in [3.63, 3.8) is 0 Å². The summed E-state index contributed by atoms with van der Waals surface area (Å²) in [7, 11) is 1.76. The van der Waals surface area contributed by atoms with Gasteiger partial charge in [-0.1, -0.05) is 12.1 Å². The minimum atomic E-state index is -0.651. The van der Waals surface area contributed by atoms with Crippen LogP contribution < -0.4 is 0 Å². The normalized spacial score (nSPS) is 17.1. The molecule has 3 heteroatoms. The number of benzene rings is 1. The lowest BCUT2D eigenvalue weighted by molar-refractivity contribution is -0.0499. The summed E-state index contributed by atoms with van der Waals surface area (Å²) in [5.41, 5.74) is 2.23. The number of amides is 1. The first-order valence-electron chi connectivity index (χ1n) is 6.47. The zero-order valence-corrected chi connectivity index (χ0v) is 11.4. The van der Waals surface area contributed by atoms with Gasteiger partial charge < -0.3 is 10.0 Å². The maximum Gasteiger partial charge on any atom is 0.253 e. The highest BCUT2D eigenvalue weighted by Gasteiger charge is 2.36. The third kappa shape index (κ3) is 2.41. The molecule has 0 spiro atoms. The van der Waals surface area contributed by atoms with E-state index < -0.39 is 5.60 Å². The van der Waals surface area contributed by atoms with Crippen LogP contribution in [0.1, 0.15) is 40.7 Å². The van der Waals surface area contributed by atoms with Crippen LogP contribution in [0.15, 0.2) is 18.2 Å². The molecule has 0 bridgehead atoms. The van der Waals surface area contributed by atoms with Gasteiger partial charge in [-0.3, -0.25) is 4.79 Å². The van der Waals surface area contributed by atoms with E-state index in [1.54, 1.807) is 11.9 Å². The lowest BCUT2D eigenvalue weighted by Crippen LogP contribution is -2.48. The smallest absolute Gasteiger partial charge is 0.253 e. The molecule has 0 saturated heterocycles. The SMILES string of the molecule is Cc1cccc(C(=O)N(C)CC2(O)CCC2)c1C. The summed E-state index contributed by atoms with van der Waals surface area (Å²) in [5.74, 6) is -0.00322. The molecule has 0 radical (unpaired) electrons. The number of carbonyl (C=O) groups is 1. The van der Waals surface area contributed by atoms with Crippen LogP contribution in [0, 0.1) is 13.8 Å². The van der Waals surface area contributed by atoms with Crippen LogP contribution in [-0.2, 0) is 0 Å². The third-order valence-electron chi connectivity index (χ3n) is 4.00. The van der Waals surface area contributed by atoms with E-state index in [0.29, 0.717) is 6.54 Å². The molecule has 1 fully saturated rings. The van der Waals surface area contributed by atoms with Gasteiger partial charge in [-0.15, -0.1) is 0 Å². The summed E-state index contributed by atoms with van der Waals surface area (Å²) in [6, 6.07) is 5.76. The van der Waals surface area contributed by atoms with Crippen molar-refractivity contribution in [3.05, 3.63) is 34.9 Å². The molecule has 0 aromatic heterocycles. The van der Waals surface area contributed by atoms with E-state index in [1.807, 2.05) is 32.0 Å². The van der Waals surface area contributed by atoms with Crippen molar-refractivity contribution >= 4 is 5.91 Å². The molecule has 1 aliphatic carbocycles. The highest BCUT2D eigenvalue weighted by atomic mass is 16.3. The minimum Gasteiger partial charge on any atom is -0.388 e. The van der Waals surface area contributed by atoms with Crippen LogP contribution in [0.2, 0.25) is 0 Å². The first-order chi connectivity index (χ1) is 8.43. The Morgan fingerprint density at radius 2 is 2.06 bits per heavy atom. The second-order valence-corrected chi connectivity index (χ2v) is 5.49. The predicted molar refractivity (Wildman–Crippen MR) is 71.7 cm³/mol. The summed E-state index contributed by atoms with van der Waals surface area (Å²) in [6.45, 7) is 4.40. The summed E-state index contributed by atoms with van der Waals surface area (Å²) in [5, 5.41) is 10.1. The highest BCUT2D eigenvalue weighted by molar-refractivity contribution is 5.95. The molecule has 1 aromatic carbocycles. The van der Waals surface area contributed by atoms with Gasteiger partial charge in [0, 0.05) is 19.2 Å². The van der Waals surface area contributed by atoms with Crippen LogP contribution >= 0.6 is 0 Å². The first kappa shape index (κ1) is 13.1. The fourth-order valence-electron chi connectivity index (χ4n) is 2.44. The van der Waals surface area contributed by atoms with E-state index in [-0.39, 0.29) is 5.91 Å². The zero-order valence-electron chi connectivity index (χ0n) is 11.4. The van der Waals surface area contributed by atoms with Crippen molar-refractivity contribution in [2.75, 3.05) is 13.6 Å². The molecule has 1 aliphatic rings. The van der Waals surface area contributed by atoms with Crippen LogP contribution in [0.5, 0.6) is 0 Å². The molecule has 0 atom stereocenters. The van der Waals surface area contributed by atoms with E-state index in [4.69, 9.17) is 0 Å². The van der Waals surface area contributed by atoms with Crippen molar-refractivity contribution < 1.29 is 9.90 Å². The summed E-state index contributed by atoms with van der Waals surface area (Å²) in [4.78, 5) is 14.0. The maximum absolute atomic E-state index is 12.4. The van der Waals surface area contributed by atoms with Gasteiger partial charge >= 0.3 is 0 Å². The third-order valence-corrected chi connectivity index (χ3v) is 4.00. The molecule has 2 rings (SSSR count). The van der Waals surface area contributed by atoms with Crippen molar-refractivity contribution in [1.29, 1.82) is 0 Å². The molecule has 0 aliphatic heterocycles. The van der Waals surface area contributed by atoms with Gasteiger partial charge in [0.05, 0.1) is 5.60 Å². The molecule has 0 heterocycles. The summed E-state index contributed by atoms with van der Waals surface area (Å²) >= 11 is 0. The van der Waals surface area contributed by atoms with Gasteiger partial charge in [0.2, 0.25) is 0 Å². The lowest BCUT2D eigenvalue weighted by atomic mass is 9.80. The van der Waals surface area contributed by atoms with Gasteiger partial charge in [-0.25, -0.2) is 0 Å². The van der Waals surface area contributed by atoms with Gasteiger partial charge in [0.15, 0.2) is 0 Å². The fraction of sp³-hybridized carbons (Fsp3) is 0.533. The summed E-state index contributed by atoms with van der Waals surface area (Å²) in [6.07, 6.45) is 2.66. The highest BCUT2D eigenvalue weighted by Crippen LogP contribution is 2.32. The molecule has 1 saturated carbocycles. The second kappa shape index (κ2) is 4.73. The molecule has 3 nitrogen and oxygen atoms in total. The number of aliphatic hydroxyl groups is 1. The van der Waals surface area contributed by atoms with Crippen LogP contribution in [-0.4, -0.2) is 35.1 Å². The Bertz CT molecular complexity index is 464. The van der Waals surface area contributed by atoms with Crippen LogP contribution in [0.4, 0.5) is 0 Å². The molecular weight excluding hydrogens is 226 g/mol. The van der Waals surface area contributed by atoms with Gasteiger partial charge in [0.1, 0.15) is 0 Å². The molecule has 0 unspecified atom stereocenters. The largest absolute Gasteiger partial charge is 0.388 e. The van der Waals surface area contributed by atoms with Gasteiger partial charge in [0.25, 0.3) is 5.91 Å². The first-order valence-corrected chi connectivity index (χ1v) is 6.47. The number of hydrogen-bond acceptors (Lipinski definition) is 2. The number of hydrogen-bond donors (Lipinski definition) is 1. The van der Waals surface area contributed by atoms with Gasteiger partial charge in [-0.2, -0.15) is 0 Å². The van der Waals surface area contributed by atoms with E-state index in [0.717, 1.165) is 36.0 Å². The Balaban J connectivity index is 2.13. The fourth-order valence-corrected chi connectivity index (χ4v) is 2.44. The molecule has 1 amide bonds. The van der Waals surface area contributed by atoms with E-state index in [9.17, 15) is 9.90 Å². The van der Waals surface area contributed by atoms with Gasteiger partial charge in [-0.05, 0) is 50.3 Å². The van der Waals surface area contributed by atoms with E-state index >= 15 is 0 Å². The number of aryl methyl sites for hydroxylation is 1. The van der Waals surface area contributed by atoms with Crippen molar-refractivity contribution in [2.24, 2.45) is 0 Å². The number of nitrogens with zero attached hydrogens (tertiary/aromatic N) is 1. The summed E-state index contributed by atoms with van der Waals surface area (Å²) < 4.78 is 0. The average molecular weight is 247 g/mol. The standard InChI is InChI=1S/C15H21NO2/c1-11-6-4-7-13(12(11)2)14(17)16(3)10-15(18)8-5-9-15/h4,6-7,18H,5,8-10H2,1-3H3. The molecule has 18 heavy (non-hydrogen) atoms. The Hall–Kier alpha value is -1.35. The average Bonchev–Trinajstić information content (AvgIpc) is 2.29. The quantitative estimate of drug-likeness (QED) is 0.890. The number of carbonyl (C=O) groups excluding carboxylic acids is 1. The van der Waals surface area contributed by atoms with E-state index in [1.165, 1.54) is 0 Å². The van der Waals surface area contributed by atoms with Crippen LogP contribution in [0.25, 0.3) is 0 Å². The Morgan fingerprint density at radius 3 is 2.61 bits per heavy atom. The number of rotatable bonds is 3. The minimum absolute atomic E-state index is 0.00322. The Labute approximate surface area is 108 Å². The maximum atomic E-state index is 12.4. The molecular formula is C15H21NO2. The molecule has 98 valence electrons. The Kier molecular flexibility index (Phi) is 3.44. The van der Waals surface area contributed by atoms with Crippen LogP contribution in [0.3, 0.4) is 0 Å². The zero-order chi connectivity index (χ0) is 13.3. The molecule has 1 N–H and O–H groups in total. The molecule has 1 aromatic rings. The van der Waals surface area contributed by atoms with E-state index in [2.05, 4.69) is 0 Å². The predicted octanol–water partition coefficient (Wildman–Crippen LogP) is 2.29. The number of likely N-dealkylation sites (N-methyl/N-ethyl adjacent to an activating group) is 1. The van der Waals surface area contributed by atoms with Crippen molar-refractivity contribution in [3.8, 4) is 0 Å². The monoisotopic (exact) mass is 247 g/mol. The Morgan fingerprint density at radius 1 is 1.39 bits per heavy atom. The van der Waals surface area contributed by atoms with Crippen molar-refractivity contribution in [1.82, 2.24) is 4.90 Å². The second-order valence-electron chi connectivity index (χ2n) is 5.49. The lowest BCUT2D eigenvalue weighted by Gasteiger charge is -2.39. The van der Waals surface area contributed by atoms with Crippen molar-refractivity contribution in [2.45, 2.75) is 38.7 Å². The topological polar surface area (TPSA) is 40.5 Å².